The predicted octanol–water partition coefficient (Wildman–Crippen LogP) is 1.97. The summed E-state index contributed by atoms with van der Waals surface area (Å²) < 4.78 is 1.73. The Labute approximate surface area is 110 Å². The minimum atomic E-state index is -0.00352. The van der Waals surface area contributed by atoms with Crippen LogP contribution in [-0.2, 0) is 0 Å². The molecule has 1 aromatic carbocycles. The normalized spacial score (nSPS) is 20.2. The van der Waals surface area contributed by atoms with Crippen LogP contribution in [0.1, 0.15) is 18.9 Å². The Kier molecular flexibility index (Phi) is 3.06. The van der Waals surface area contributed by atoms with Crippen molar-refractivity contribution in [2.45, 2.75) is 18.9 Å². The molecule has 1 unspecified atom stereocenters. The van der Waals surface area contributed by atoms with E-state index in [1.54, 1.807) is 29.1 Å². The van der Waals surface area contributed by atoms with Gasteiger partial charge in [0.25, 0.3) is 5.56 Å². The van der Waals surface area contributed by atoms with E-state index in [1.807, 2.05) is 0 Å². The highest BCUT2D eigenvalue weighted by atomic mass is 35.5. The summed E-state index contributed by atoms with van der Waals surface area (Å²) in [7, 11) is 0. The molecule has 2 heterocycles. The molecule has 0 radical (unpaired) electrons. The van der Waals surface area contributed by atoms with Crippen LogP contribution in [-0.4, -0.2) is 22.6 Å². The van der Waals surface area contributed by atoms with Crippen LogP contribution in [0.2, 0.25) is 5.02 Å². The van der Waals surface area contributed by atoms with Crippen LogP contribution < -0.4 is 10.9 Å². The SMILES string of the molecule is O=c1c2cccc(Cl)c2ncn1C1CCCNC1. The first-order valence-corrected chi connectivity index (χ1v) is 6.51. The van der Waals surface area contributed by atoms with E-state index in [2.05, 4.69) is 10.3 Å². The molecule has 1 saturated heterocycles. The molecule has 0 bridgehead atoms. The summed E-state index contributed by atoms with van der Waals surface area (Å²) in [6.07, 6.45) is 3.72. The van der Waals surface area contributed by atoms with E-state index < -0.39 is 0 Å². The summed E-state index contributed by atoms with van der Waals surface area (Å²) in [6.45, 7) is 1.85. The Balaban J connectivity index is 2.14. The molecule has 0 saturated carbocycles. The lowest BCUT2D eigenvalue weighted by Crippen LogP contribution is -2.36. The molecule has 1 aromatic heterocycles. The van der Waals surface area contributed by atoms with Gasteiger partial charge in [-0.3, -0.25) is 9.36 Å². The third-order valence-electron chi connectivity index (χ3n) is 3.43. The number of piperidine rings is 1. The zero-order chi connectivity index (χ0) is 12.5. The van der Waals surface area contributed by atoms with E-state index in [-0.39, 0.29) is 11.6 Å². The van der Waals surface area contributed by atoms with Gasteiger partial charge in [0.1, 0.15) is 0 Å². The third-order valence-corrected chi connectivity index (χ3v) is 3.73. The fourth-order valence-corrected chi connectivity index (χ4v) is 2.68. The van der Waals surface area contributed by atoms with Gasteiger partial charge >= 0.3 is 0 Å². The second kappa shape index (κ2) is 4.71. The van der Waals surface area contributed by atoms with Crippen molar-refractivity contribution in [3.8, 4) is 0 Å². The first-order valence-electron chi connectivity index (χ1n) is 6.13. The molecule has 3 rings (SSSR count). The quantitative estimate of drug-likeness (QED) is 0.856. The van der Waals surface area contributed by atoms with E-state index in [1.165, 1.54) is 0 Å². The standard InChI is InChI=1S/C13H14ClN3O/c14-11-5-1-4-10-12(11)16-8-17(13(10)18)9-3-2-6-15-7-9/h1,4-5,8-9,15H,2-3,6-7H2. The highest BCUT2D eigenvalue weighted by molar-refractivity contribution is 6.34. The Morgan fingerprint density at radius 1 is 1.44 bits per heavy atom. The maximum Gasteiger partial charge on any atom is 0.261 e. The van der Waals surface area contributed by atoms with E-state index in [4.69, 9.17) is 11.6 Å². The van der Waals surface area contributed by atoms with Crippen molar-refractivity contribution in [3.05, 3.63) is 39.9 Å². The molecule has 18 heavy (non-hydrogen) atoms. The highest BCUT2D eigenvalue weighted by Gasteiger charge is 2.17. The zero-order valence-corrected chi connectivity index (χ0v) is 10.7. The van der Waals surface area contributed by atoms with Gasteiger partial charge in [-0.05, 0) is 31.5 Å². The van der Waals surface area contributed by atoms with E-state index >= 15 is 0 Å². The van der Waals surface area contributed by atoms with Crippen LogP contribution in [0.25, 0.3) is 10.9 Å². The number of nitrogens with zero attached hydrogens (tertiary/aromatic N) is 2. The van der Waals surface area contributed by atoms with Crippen LogP contribution in [0.15, 0.2) is 29.3 Å². The lowest BCUT2D eigenvalue weighted by molar-refractivity contribution is 0.363. The number of fused-ring (bicyclic) bond motifs is 1. The molecule has 0 spiro atoms. The number of hydrogen-bond acceptors (Lipinski definition) is 3. The highest BCUT2D eigenvalue weighted by Crippen LogP contribution is 2.20. The number of para-hydroxylation sites is 1. The average molecular weight is 264 g/mol. The lowest BCUT2D eigenvalue weighted by atomic mass is 10.1. The van der Waals surface area contributed by atoms with Gasteiger partial charge in [-0.1, -0.05) is 17.7 Å². The van der Waals surface area contributed by atoms with Crippen molar-refractivity contribution < 1.29 is 0 Å². The summed E-state index contributed by atoms with van der Waals surface area (Å²) in [6, 6.07) is 5.52. The van der Waals surface area contributed by atoms with Crippen molar-refractivity contribution in [2.24, 2.45) is 0 Å². The van der Waals surface area contributed by atoms with Gasteiger partial charge < -0.3 is 5.32 Å². The number of aromatic nitrogens is 2. The smallest absolute Gasteiger partial charge is 0.261 e. The molecular formula is C13H14ClN3O. The summed E-state index contributed by atoms with van der Waals surface area (Å²) in [5.41, 5.74) is 0.584. The minimum absolute atomic E-state index is 0.00352. The molecule has 1 aliphatic heterocycles. The molecular weight excluding hydrogens is 250 g/mol. The predicted molar refractivity (Wildman–Crippen MR) is 72.2 cm³/mol. The molecule has 0 amide bonds. The van der Waals surface area contributed by atoms with Gasteiger partial charge in [-0.2, -0.15) is 0 Å². The number of halogens is 1. The second-order valence-electron chi connectivity index (χ2n) is 4.59. The largest absolute Gasteiger partial charge is 0.315 e. The Hall–Kier alpha value is -1.39. The lowest BCUT2D eigenvalue weighted by Gasteiger charge is -2.24. The number of nitrogens with one attached hydrogen (secondary N) is 1. The molecule has 1 atom stereocenters. The van der Waals surface area contributed by atoms with Gasteiger partial charge in [-0.15, -0.1) is 0 Å². The fraction of sp³-hybridized carbons (Fsp3) is 0.385. The summed E-state index contributed by atoms with van der Waals surface area (Å²) in [4.78, 5) is 16.7. The molecule has 4 nitrogen and oxygen atoms in total. The topological polar surface area (TPSA) is 46.9 Å². The van der Waals surface area contributed by atoms with Gasteiger partial charge in [0.15, 0.2) is 0 Å². The van der Waals surface area contributed by atoms with Crippen molar-refractivity contribution in [3.63, 3.8) is 0 Å². The molecule has 1 N–H and O–H groups in total. The molecule has 2 aromatic rings. The number of benzene rings is 1. The van der Waals surface area contributed by atoms with Gasteiger partial charge in [-0.25, -0.2) is 4.98 Å². The fourth-order valence-electron chi connectivity index (χ4n) is 2.46. The Bertz CT molecular complexity index is 632. The summed E-state index contributed by atoms with van der Waals surface area (Å²) in [5.74, 6) is 0. The van der Waals surface area contributed by atoms with Crippen LogP contribution in [0.5, 0.6) is 0 Å². The van der Waals surface area contributed by atoms with Gasteiger partial charge in [0, 0.05) is 6.54 Å². The number of hydrogen-bond donors (Lipinski definition) is 1. The van der Waals surface area contributed by atoms with Crippen LogP contribution >= 0.6 is 11.6 Å². The molecule has 0 aliphatic carbocycles. The molecule has 1 fully saturated rings. The number of rotatable bonds is 1. The Morgan fingerprint density at radius 2 is 2.33 bits per heavy atom. The Morgan fingerprint density at radius 3 is 3.11 bits per heavy atom. The first kappa shape index (κ1) is 11.7. The van der Waals surface area contributed by atoms with Crippen LogP contribution in [0, 0.1) is 0 Å². The molecule has 94 valence electrons. The van der Waals surface area contributed by atoms with Crippen LogP contribution in [0.3, 0.4) is 0 Å². The van der Waals surface area contributed by atoms with Crippen molar-refractivity contribution in [1.82, 2.24) is 14.9 Å². The molecule has 5 heteroatoms. The second-order valence-corrected chi connectivity index (χ2v) is 5.00. The van der Waals surface area contributed by atoms with Gasteiger partial charge in [0.2, 0.25) is 0 Å². The average Bonchev–Trinajstić information content (AvgIpc) is 2.41. The van der Waals surface area contributed by atoms with Gasteiger partial charge in [0.05, 0.1) is 28.3 Å². The summed E-state index contributed by atoms with van der Waals surface area (Å²) in [5, 5.41) is 4.43. The van der Waals surface area contributed by atoms with Crippen molar-refractivity contribution in [2.75, 3.05) is 13.1 Å². The van der Waals surface area contributed by atoms with E-state index in [0.29, 0.717) is 15.9 Å². The van der Waals surface area contributed by atoms with E-state index in [0.717, 1.165) is 25.9 Å². The third kappa shape index (κ3) is 1.91. The monoisotopic (exact) mass is 263 g/mol. The minimum Gasteiger partial charge on any atom is -0.315 e. The maximum atomic E-state index is 12.4. The first-order chi connectivity index (χ1) is 8.77. The summed E-state index contributed by atoms with van der Waals surface area (Å²) >= 11 is 6.04. The van der Waals surface area contributed by atoms with E-state index in [9.17, 15) is 4.79 Å². The maximum absolute atomic E-state index is 12.4. The molecule has 1 aliphatic rings. The van der Waals surface area contributed by atoms with Crippen LogP contribution in [0.4, 0.5) is 0 Å². The zero-order valence-electron chi connectivity index (χ0n) is 9.90. The van der Waals surface area contributed by atoms with Crippen molar-refractivity contribution in [1.29, 1.82) is 0 Å². The van der Waals surface area contributed by atoms with Crippen molar-refractivity contribution >= 4 is 22.5 Å².